The topological polar surface area (TPSA) is 12.0 Å². The van der Waals surface area contributed by atoms with Crippen molar-refractivity contribution < 1.29 is 0 Å². The van der Waals surface area contributed by atoms with Crippen LogP contribution in [0.15, 0.2) is 22.7 Å². The first-order valence-corrected chi connectivity index (χ1v) is 7.12. The van der Waals surface area contributed by atoms with Crippen LogP contribution in [-0.2, 0) is 12.8 Å². The summed E-state index contributed by atoms with van der Waals surface area (Å²) in [6.45, 7) is 1.23. The number of benzene rings is 1. The third kappa shape index (κ3) is 2.05. The average molecular weight is 280 g/mol. The van der Waals surface area contributed by atoms with Crippen LogP contribution < -0.4 is 5.32 Å². The van der Waals surface area contributed by atoms with Crippen LogP contribution in [0.3, 0.4) is 0 Å². The van der Waals surface area contributed by atoms with Crippen LogP contribution >= 0.6 is 15.9 Å². The van der Waals surface area contributed by atoms with Gasteiger partial charge in [-0.3, -0.25) is 0 Å². The number of nitrogens with one attached hydrogen (secondary N) is 1. The van der Waals surface area contributed by atoms with Gasteiger partial charge in [0.15, 0.2) is 0 Å². The minimum absolute atomic E-state index is 0.790. The molecule has 16 heavy (non-hydrogen) atoms. The van der Waals surface area contributed by atoms with E-state index in [0.29, 0.717) is 0 Å². The Bertz CT molecular complexity index is 382. The molecule has 1 fully saturated rings. The Labute approximate surface area is 106 Å². The first kappa shape index (κ1) is 10.8. The predicted molar refractivity (Wildman–Crippen MR) is 70.7 cm³/mol. The Hall–Kier alpha value is -0.340. The van der Waals surface area contributed by atoms with Crippen molar-refractivity contribution in [2.45, 2.75) is 38.1 Å². The number of halogens is 1. The molecule has 3 rings (SSSR count). The van der Waals surface area contributed by atoms with Gasteiger partial charge in [0.1, 0.15) is 0 Å². The summed E-state index contributed by atoms with van der Waals surface area (Å²) in [6, 6.07) is 7.43. The van der Waals surface area contributed by atoms with Gasteiger partial charge >= 0.3 is 0 Å². The van der Waals surface area contributed by atoms with Crippen molar-refractivity contribution in [2.75, 3.05) is 6.54 Å². The Morgan fingerprint density at radius 2 is 2.25 bits per heavy atom. The van der Waals surface area contributed by atoms with Crippen molar-refractivity contribution >= 4 is 15.9 Å². The molecule has 2 aliphatic rings. The lowest BCUT2D eigenvalue weighted by Crippen LogP contribution is -2.24. The fourth-order valence-electron chi connectivity index (χ4n) is 3.22. The van der Waals surface area contributed by atoms with E-state index in [1.165, 1.54) is 43.1 Å². The summed E-state index contributed by atoms with van der Waals surface area (Å²) in [5.74, 6) is 0.865. The molecule has 86 valence electrons. The van der Waals surface area contributed by atoms with Gasteiger partial charge in [-0.05, 0) is 61.8 Å². The maximum atomic E-state index is 3.67. The fourth-order valence-corrected chi connectivity index (χ4v) is 3.79. The molecule has 0 aromatic heterocycles. The zero-order valence-electron chi connectivity index (χ0n) is 9.51. The van der Waals surface area contributed by atoms with Gasteiger partial charge in [-0.1, -0.05) is 28.1 Å². The van der Waals surface area contributed by atoms with Crippen molar-refractivity contribution in [2.24, 2.45) is 5.92 Å². The van der Waals surface area contributed by atoms with Crippen LogP contribution in [0.5, 0.6) is 0 Å². The van der Waals surface area contributed by atoms with E-state index in [-0.39, 0.29) is 0 Å². The van der Waals surface area contributed by atoms with Crippen LogP contribution in [-0.4, -0.2) is 12.6 Å². The van der Waals surface area contributed by atoms with E-state index in [0.717, 1.165) is 12.0 Å². The summed E-state index contributed by atoms with van der Waals surface area (Å²) in [5, 5.41) is 3.61. The van der Waals surface area contributed by atoms with Gasteiger partial charge in [-0.25, -0.2) is 0 Å². The first-order chi connectivity index (χ1) is 7.83. The number of hydrogen-bond acceptors (Lipinski definition) is 1. The summed E-state index contributed by atoms with van der Waals surface area (Å²) < 4.78 is 1.31. The Morgan fingerprint density at radius 1 is 1.31 bits per heavy atom. The number of hydrogen-bond donors (Lipinski definition) is 1. The van der Waals surface area contributed by atoms with Gasteiger partial charge < -0.3 is 5.32 Å². The largest absolute Gasteiger partial charge is 0.314 e. The molecule has 2 atom stereocenters. The molecule has 0 amide bonds. The van der Waals surface area contributed by atoms with Crippen LogP contribution in [0.1, 0.15) is 30.4 Å². The minimum Gasteiger partial charge on any atom is -0.314 e. The van der Waals surface area contributed by atoms with Gasteiger partial charge in [0.05, 0.1) is 0 Å². The molecule has 0 bridgehead atoms. The smallest absolute Gasteiger partial charge is 0.0210 e. The second-order valence-electron chi connectivity index (χ2n) is 5.18. The van der Waals surface area contributed by atoms with Gasteiger partial charge in [-0.2, -0.15) is 0 Å². The lowest BCUT2D eigenvalue weighted by atomic mass is 9.96. The summed E-state index contributed by atoms with van der Waals surface area (Å²) in [6.07, 6.45) is 6.67. The molecule has 1 saturated heterocycles. The second kappa shape index (κ2) is 4.50. The second-order valence-corrected chi connectivity index (χ2v) is 6.04. The Morgan fingerprint density at radius 3 is 3.00 bits per heavy atom. The van der Waals surface area contributed by atoms with Gasteiger partial charge in [0, 0.05) is 10.5 Å². The molecular formula is C14H18BrN. The molecule has 1 heterocycles. The summed E-state index contributed by atoms with van der Waals surface area (Å²) in [5.41, 5.74) is 3.13. The molecule has 2 unspecified atom stereocenters. The lowest BCUT2D eigenvalue weighted by Gasteiger charge is -2.15. The van der Waals surface area contributed by atoms with E-state index in [2.05, 4.69) is 39.4 Å². The zero-order chi connectivity index (χ0) is 11.0. The maximum absolute atomic E-state index is 3.67. The average Bonchev–Trinajstić information content (AvgIpc) is 2.88. The third-order valence-electron chi connectivity index (χ3n) is 4.00. The van der Waals surface area contributed by atoms with Gasteiger partial charge in [-0.15, -0.1) is 0 Å². The highest BCUT2D eigenvalue weighted by Gasteiger charge is 2.26. The highest BCUT2D eigenvalue weighted by molar-refractivity contribution is 9.10. The molecule has 1 aliphatic carbocycles. The molecule has 1 aromatic rings. The van der Waals surface area contributed by atoms with Crippen molar-refractivity contribution in [3.05, 3.63) is 33.8 Å². The third-order valence-corrected chi connectivity index (χ3v) is 4.74. The van der Waals surface area contributed by atoms with Crippen molar-refractivity contribution in [1.82, 2.24) is 5.32 Å². The molecule has 0 spiro atoms. The number of fused-ring (bicyclic) bond motifs is 1. The van der Waals surface area contributed by atoms with Crippen LogP contribution in [0.25, 0.3) is 0 Å². The predicted octanol–water partition coefficient (Wildman–Crippen LogP) is 3.31. The molecule has 2 heteroatoms. The van der Waals surface area contributed by atoms with E-state index >= 15 is 0 Å². The minimum atomic E-state index is 0.790. The summed E-state index contributed by atoms with van der Waals surface area (Å²) >= 11 is 3.67. The molecular weight excluding hydrogens is 262 g/mol. The molecule has 1 aromatic carbocycles. The molecule has 1 aliphatic heterocycles. The molecule has 0 radical (unpaired) electrons. The maximum Gasteiger partial charge on any atom is 0.0210 e. The van der Waals surface area contributed by atoms with E-state index in [1.807, 2.05) is 0 Å². The molecule has 0 saturated carbocycles. The highest BCUT2D eigenvalue weighted by atomic mass is 79.9. The first-order valence-electron chi connectivity index (χ1n) is 6.32. The Kier molecular flexibility index (Phi) is 3.03. The molecule has 1 nitrogen and oxygen atoms in total. The van der Waals surface area contributed by atoms with Crippen molar-refractivity contribution in [3.63, 3.8) is 0 Å². The monoisotopic (exact) mass is 279 g/mol. The normalized spacial score (nSPS) is 28.3. The van der Waals surface area contributed by atoms with E-state index in [4.69, 9.17) is 0 Å². The van der Waals surface area contributed by atoms with Gasteiger partial charge in [0.2, 0.25) is 0 Å². The molecule has 1 N–H and O–H groups in total. The zero-order valence-corrected chi connectivity index (χ0v) is 11.1. The van der Waals surface area contributed by atoms with E-state index in [9.17, 15) is 0 Å². The summed E-state index contributed by atoms with van der Waals surface area (Å²) in [7, 11) is 0. The number of rotatable bonds is 2. The quantitative estimate of drug-likeness (QED) is 0.876. The standard InChI is InChI=1S/C14H18BrN/c15-14-5-1-3-11-7-10(9-13(11)14)8-12-4-2-6-16-12/h1,3,5,10,12,16H,2,4,6-9H2. The SMILES string of the molecule is Brc1cccc2c1CC(CC1CCCN1)C2. The van der Waals surface area contributed by atoms with Gasteiger partial charge in [0.25, 0.3) is 0 Å². The lowest BCUT2D eigenvalue weighted by molar-refractivity contribution is 0.425. The summed E-state index contributed by atoms with van der Waals surface area (Å²) in [4.78, 5) is 0. The fraction of sp³-hybridized carbons (Fsp3) is 0.571. The highest BCUT2D eigenvalue weighted by Crippen LogP contribution is 2.34. The van der Waals surface area contributed by atoms with Crippen molar-refractivity contribution in [1.29, 1.82) is 0 Å². The Balaban J connectivity index is 1.68. The van der Waals surface area contributed by atoms with Crippen LogP contribution in [0, 0.1) is 5.92 Å². The van der Waals surface area contributed by atoms with Crippen LogP contribution in [0.2, 0.25) is 0 Å². The van der Waals surface area contributed by atoms with Crippen molar-refractivity contribution in [3.8, 4) is 0 Å². The van der Waals surface area contributed by atoms with Crippen LogP contribution in [0.4, 0.5) is 0 Å². The van der Waals surface area contributed by atoms with E-state index in [1.54, 1.807) is 11.1 Å². The van der Waals surface area contributed by atoms with E-state index < -0.39 is 0 Å².